The van der Waals surface area contributed by atoms with Crippen molar-refractivity contribution in [3.05, 3.63) is 12.2 Å². The number of carbonyl (C=O) groups excluding carboxylic acids is 2. The van der Waals surface area contributed by atoms with Crippen LogP contribution in [-0.4, -0.2) is 24.6 Å². The Bertz CT molecular complexity index is 292. The Morgan fingerprint density at radius 2 is 1.83 bits per heavy atom. The molecule has 1 rings (SSSR count). The third kappa shape index (κ3) is 6.42. The van der Waals surface area contributed by atoms with E-state index in [1.165, 1.54) is 0 Å². The summed E-state index contributed by atoms with van der Waals surface area (Å²) in [7, 11) is 0. The fourth-order valence-electron chi connectivity index (χ4n) is 1.58. The average molecular weight is 254 g/mol. The van der Waals surface area contributed by atoms with Gasteiger partial charge in [0.05, 0.1) is 6.61 Å². The molecular weight excluding hydrogens is 232 g/mol. The van der Waals surface area contributed by atoms with Crippen molar-refractivity contribution in [3.8, 4) is 0 Å². The van der Waals surface area contributed by atoms with Gasteiger partial charge in [0.25, 0.3) is 0 Å². The monoisotopic (exact) mass is 254 g/mol. The largest absolute Gasteiger partial charge is 0.463 e. The van der Waals surface area contributed by atoms with Crippen molar-refractivity contribution in [3.63, 3.8) is 0 Å². The minimum Gasteiger partial charge on any atom is -0.463 e. The van der Waals surface area contributed by atoms with Crippen molar-refractivity contribution in [1.29, 1.82) is 0 Å². The Morgan fingerprint density at radius 3 is 2.44 bits per heavy atom. The van der Waals surface area contributed by atoms with Crippen molar-refractivity contribution in [2.24, 2.45) is 0 Å². The van der Waals surface area contributed by atoms with Crippen LogP contribution in [0.3, 0.4) is 0 Å². The van der Waals surface area contributed by atoms with Gasteiger partial charge in [-0.2, -0.15) is 0 Å². The zero-order valence-corrected chi connectivity index (χ0v) is 11.0. The van der Waals surface area contributed by atoms with Gasteiger partial charge >= 0.3 is 11.9 Å². The fraction of sp³-hybridized carbons (Fsp3) is 0.714. The molecule has 0 spiro atoms. The van der Waals surface area contributed by atoms with Crippen molar-refractivity contribution >= 4 is 11.9 Å². The van der Waals surface area contributed by atoms with E-state index in [0.717, 1.165) is 57.1 Å². The van der Waals surface area contributed by atoms with Crippen LogP contribution in [0.4, 0.5) is 0 Å². The molecular formula is C14H22O4. The van der Waals surface area contributed by atoms with E-state index in [-0.39, 0.29) is 6.10 Å². The van der Waals surface area contributed by atoms with Gasteiger partial charge in [0.1, 0.15) is 6.10 Å². The normalized spacial score (nSPS) is 15.4. The van der Waals surface area contributed by atoms with E-state index in [4.69, 9.17) is 9.47 Å². The maximum atomic E-state index is 11.2. The summed E-state index contributed by atoms with van der Waals surface area (Å²) < 4.78 is 10.0. The summed E-state index contributed by atoms with van der Waals surface area (Å²) in [6.07, 6.45) is 9.56. The second kappa shape index (κ2) is 8.72. The van der Waals surface area contributed by atoms with Crippen molar-refractivity contribution in [2.45, 2.75) is 58.0 Å². The number of carbonyl (C=O) groups is 2. The molecule has 0 N–H and O–H groups in total. The first-order valence-electron chi connectivity index (χ1n) is 6.78. The van der Waals surface area contributed by atoms with Crippen molar-refractivity contribution in [1.82, 2.24) is 0 Å². The Kier molecular flexibility index (Phi) is 7.14. The van der Waals surface area contributed by atoms with Crippen LogP contribution >= 0.6 is 0 Å². The predicted octanol–water partition coefficient (Wildman–Crippen LogP) is 2.76. The first kappa shape index (κ1) is 14.7. The molecule has 0 aromatic carbocycles. The average Bonchev–Trinajstić information content (AvgIpc) is 2.31. The van der Waals surface area contributed by atoms with E-state index in [9.17, 15) is 9.59 Å². The quantitative estimate of drug-likeness (QED) is 0.379. The molecule has 1 aliphatic carbocycles. The molecule has 4 nitrogen and oxygen atoms in total. The van der Waals surface area contributed by atoms with Crippen LogP contribution in [0.5, 0.6) is 0 Å². The first-order valence-corrected chi connectivity index (χ1v) is 6.78. The van der Waals surface area contributed by atoms with Crippen LogP contribution in [0.1, 0.15) is 51.9 Å². The zero-order chi connectivity index (χ0) is 13.2. The van der Waals surface area contributed by atoms with E-state index in [2.05, 4.69) is 6.92 Å². The summed E-state index contributed by atoms with van der Waals surface area (Å²) >= 11 is 0. The van der Waals surface area contributed by atoms with E-state index in [1.54, 1.807) is 0 Å². The maximum Gasteiger partial charge on any atom is 0.331 e. The van der Waals surface area contributed by atoms with Gasteiger partial charge in [0.2, 0.25) is 0 Å². The van der Waals surface area contributed by atoms with E-state index < -0.39 is 11.9 Å². The molecule has 1 fully saturated rings. The highest BCUT2D eigenvalue weighted by atomic mass is 16.5. The summed E-state index contributed by atoms with van der Waals surface area (Å²) in [6, 6.07) is 0. The third-order valence-electron chi connectivity index (χ3n) is 2.93. The van der Waals surface area contributed by atoms with Gasteiger partial charge in [-0.05, 0) is 25.7 Å². The Balaban J connectivity index is 2.04. The standard InChI is InChI=1S/C14H22O4/c1-2-3-4-5-11-17-13(15)9-10-14(16)18-12-7-6-8-12/h9-10,12H,2-8,11H2,1H3/b10-9+. The molecule has 0 bridgehead atoms. The summed E-state index contributed by atoms with van der Waals surface area (Å²) in [5, 5.41) is 0. The lowest BCUT2D eigenvalue weighted by molar-refractivity contribution is -0.147. The molecule has 0 saturated heterocycles. The number of hydrogen-bond acceptors (Lipinski definition) is 4. The number of ether oxygens (including phenoxy) is 2. The predicted molar refractivity (Wildman–Crippen MR) is 68.0 cm³/mol. The number of unbranched alkanes of at least 4 members (excludes halogenated alkanes) is 3. The summed E-state index contributed by atoms with van der Waals surface area (Å²) in [4.78, 5) is 22.5. The number of rotatable bonds is 8. The minimum atomic E-state index is -0.475. The Morgan fingerprint density at radius 1 is 1.11 bits per heavy atom. The Hall–Kier alpha value is -1.32. The molecule has 102 valence electrons. The van der Waals surface area contributed by atoms with E-state index in [1.807, 2.05) is 0 Å². The molecule has 0 aliphatic heterocycles. The van der Waals surface area contributed by atoms with E-state index in [0.29, 0.717) is 6.61 Å². The van der Waals surface area contributed by atoms with Gasteiger partial charge in [-0.1, -0.05) is 26.2 Å². The summed E-state index contributed by atoms with van der Waals surface area (Å²) in [5.41, 5.74) is 0. The molecule has 18 heavy (non-hydrogen) atoms. The van der Waals surface area contributed by atoms with Gasteiger partial charge in [0.15, 0.2) is 0 Å². The smallest absolute Gasteiger partial charge is 0.331 e. The summed E-state index contributed by atoms with van der Waals surface area (Å²) in [5.74, 6) is -0.931. The lowest BCUT2D eigenvalue weighted by Crippen LogP contribution is -2.24. The van der Waals surface area contributed by atoms with Crippen LogP contribution in [0, 0.1) is 0 Å². The van der Waals surface area contributed by atoms with Crippen molar-refractivity contribution < 1.29 is 19.1 Å². The highest BCUT2D eigenvalue weighted by Gasteiger charge is 2.20. The molecule has 0 radical (unpaired) electrons. The van der Waals surface area contributed by atoms with Crippen molar-refractivity contribution in [2.75, 3.05) is 6.61 Å². The number of esters is 2. The van der Waals surface area contributed by atoms with Gasteiger partial charge in [0, 0.05) is 12.2 Å². The highest BCUT2D eigenvalue weighted by molar-refractivity contribution is 5.91. The van der Waals surface area contributed by atoms with Crippen LogP contribution in [0.25, 0.3) is 0 Å². The van der Waals surface area contributed by atoms with E-state index >= 15 is 0 Å². The number of hydrogen-bond donors (Lipinski definition) is 0. The van der Waals surface area contributed by atoms with Gasteiger partial charge in [-0.3, -0.25) is 0 Å². The molecule has 0 atom stereocenters. The molecule has 0 aromatic heterocycles. The van der Waals surface area contributed by atoms with Gasteiger partial charge in [-0.15, -0.1) is 0 Å². The molecule has 0 unspecified atom stereocenters. The third-order valence-corrected chi connectivity index (χ3v) is 2.93. The van der Waals surface area contributed by atoms with Crippen LogP contribution in [0.15, 0.2) is 12.2 Å². The van der Waals surface area contributed by atoms with Crippen LogP contribution in [0.2, 0.25) is 0 Å². The minimum absolute atomic E-state index is 0.0483. The SMILES string of the molecule is CCCCCCOC(=O)/C=C/C(=O)OC1CCC1. The second-order valence-electron chi connectivity index (χ2n) is 4.55. The highest BCUT2D eigenvalue weighted by Crippen LogP contribution is 2.21. The molecule has 0 heterocycles. The molecule has 0 amide bonds. The first-order chi connectivity index (χ1) is 8.72. The summed E-state index contributed by atoms with van der Waals surface area (Å²) in [6.45, 7) is 2.54. The van der Waals surface area contributed by atoms with Crippen LogP contribution in [-0.2, 0) is 19.1 Å². The fourth-order valence-corrected chi connectivity index (χ4v) is 1.58. The Labute approximate surface area is 108 Å². The molecule has 0 aromatic rings. The molecule has 4 heteroatoms. The zero-order valence-electron chi connectivity index (χ0n) is 11.0. The topological polar surface area (TPSA) is 52.6 Å². The molecule has 1 saturated carbocycles. The van der Waals surface area contributed by atoms with Gasteiger partial charge in [-0.25, -0.2) is 9.59 Å². The lowest BCUT2D eigenvalue weighted by Gasteiger charge is -2.24. The lowest BCUT2D eigenvalue weighted by atomic mass is 9.96. The molecule has 1 aliphatic rings. The van der Waals surface area contributed by atoms with Crippen LogP contribution < -0.4 is 0 Å². The van der Waals surface area contributed by atoms with Gasteiger partial charge < -0.3 is 9.47 Å². The second-order valence-corrected chi connectivity index (χ2v) is 4.55. The maximum absolute atomic E-state index is 11.2.